The molecule has 0 fully saturated rings. The second-order valence-corrected chi connectivity index (χ2v) is 17.9. The molecule has 0 amide bonds. The summed E-state index contributed by atoms with van der Waals surface area (Å²) in [6.07, 6.45) is 5.44. The van der Waals surface area contributed by atoms with Gasteiger partial charge >= 0.3 is 0 Å². The van der Waals surface area contributed by atoms with Gasteiger partial charge in [0.25, 0.3) is 6.33 Å². The molecule has 3 heterocycles. The molecule has 0 spiro atoms. The van der Waals surface area contributed by atoms with Gasteiger partial charge in [0.05, 0.1) is 47.1 Å². The Hall–Kier alpha value is -8.80. The number of hydrogen-bond donors (Lipinski definition) is 0. The van der Waals surface area contributed by atoms with Crippen molar-refractivity contribution in [2.24, 2.45) is 0 Å². The molecule has 0 aliphatic carbocycles. The van der Waals surface area contributed by atoms with Crippen LogP contribution in [0, 0.1) is 6.33 Å². The number of ether oxygens (including phenoxy) is 1. The number of hydrogen-bond acceptors (Lipinski definition) is 2. The smallest absolute Gasteiger partial charge is 0.269 e. The highest BCUT2D eigenvalue weighted by Crippen LogP contribution is 2.39. The monoisotopic (exact) mass is 898 g/mol. The highest BCUT2D eigenvalue weighted by atomic mass is 16.5. The molecule has 0 bridgehead atoms. The number of aromatic nitrogens is 4. The zero-order valence-corrected chi connectivity index (χ0v) is 37.9. The highest BCUT2D eigenvalue weighted by Gasteiger charge is 2.22. The van der Waals surface area contributed by atoms with Crippen LogP contribution in [0.5, 0.6) is 11.5 Å². The first-order chi connectivity index (χ1) is 38.0. The summed E-state index contributed by atoms with van der Waals surface area (Å²) in [5, 5.41) is 2.10. The lowest BCUT2D eigenvalue weighted by atomic mass is 9.88. The van der Waals surface area contributed by atoms with Gasteiger partial charge in [0, 0.05) is 23.0 Å². The first-order valence-corrected chi connectivity index (χ1v) is 22.7. The first-order valence-electron chi connectivity index (χ1n) is 27.7. The van der Waals surface area contributed by atoms with Crippen LogP contribution in [0.3, 0.4) is 0 Å². The number of imidazole rings is 1. The van der Waals surface area contributed by atoms with Crippen molar-refractivity contribution in [1.82, 2.24) is 14.1 Å². The lowest BCUT2D eigenvalue weighted by Gasteiger charge is -2.20. The lowest BCUT2D eigenvalue weighted by molar-refractivity contribution is -0.571. The Morgan fingerprint density at radius 2 is 1.16 bits per heavy atom. The molecule has 0 aliphatic rings. The summed E-state index contributed by atoms with van der Waals surface area (Å²) in [7, 11) is 0. The predicted molar refractivity (Wildman–Crippen MR) is 283 cm³/mol. The van der Waals surface area contributed by atoms with Gasteiger partial charge in [0.15, 0.2) is 0 Å². The fourth-order valence-electron chi connectivity index (χ4n) is 9.21. The van der Waals surface area contributed by atoms with E-state index in [1.54, 1.807) is 22.8 Å². The van der Waals surface area contributed by atoms with Crippen LogP contribution in [0.1, 0.15) is 40.0 Å². The zero-order chi connectivity index (χ0) is 55.2. The van der Waals surface area contributed by atoms with E-state index in [9.17, 15) is 5.48 Å². The van der Waals surface area contributed by atoms with Gasteiger partial charge < -0.3 is 4.74 Å². The van der Waals surface area contributed by atoms with E-state index in [1.807, 2.05) is 132 Å². The van der Waals surface area contributed by atoms with Gasteiger partial charge in [-0.3, -0.25) is 13.7 Å². The second-order valence-electron chi connectivity index (χ2n) is 17.9. The van der Waals surface area contributed by atoms with E-state index >= 15 is 0 Å². The molecule has 12 aromatic rings. The minimum absolute atomic E-state index is 0.114. The van der Waals surface area contributed by atoms with Gasteiger partial charge in [-0.05, 0) is 110 Å². The van der Waals surface area contributed by atoms with Gasteiger partial charge in [-0.15, -0.1) is 0 Å². The minimum atomic E-state index is -0.576. The average molecular weight is 899 g/mol. The molecule has 0 atom stereocenters. The fraction of sp³-hybridized carbons (Fsp3) is 0.0625. The van der Waals surface area contributed by atoms with Crippen molar-refractivity contribution >= 4 is 32.8 Å². The molecule has 0 saturated heterocycles. The van der Waals surface area contributed by atoms with E-state index in [4.69, 9.17) is 17.9 Å². The van der Waals surface area contributed by atoms with E-state index in [0.717, 1.165) is 55.4 Å². The standard InChI is InChI=1S/C64H48N4O/c1-64(2,3)50-35-36-65-62(40-50)68-58-30-17-16-27-56(58)57-33-32-52(42-60(57)68)69-53-38-49(45-21-10-5-11-22-45)37-51(41-53)66-43-67(59-34-31-48(39-61(59)66)44-19-8-4-9-20-44)63-54(46-23-12-6-13-24-46)28-18-29-55(63)47-25-14-7-15-26-47/h4-42H,1-3H3/i6D,7D,12D,13D,14D,15D,23D,24D,25D,26D. The lowest BCUT2D eigenvalue weighted by Crippen LogP contribution is -2.31. The summed E-state index contributed by atoms with van der Waals surface area (Å²) in [6, 6.07) is 49.6. The molecule has 5 nitrogen and oxygen atoms in total. The Labute approximate surface area is 416 Å². The number of nitrogens with zero attached hydrogens (tertiary/aromatic N) is 4. The molecule has 330 valence electrons. The molecule has 0 N–H and O–H groups in total. The van der Waals surface area contributed by atoms with Crippen molar-refractivity contribution in [2.45, 2.75) is 26.2 Å². The number of pyridine rings is 1. The van der Waals surface area contributed by atoms with Crippen LogP contribution in [-0.2, 0) is 5.41 Å². The van der Waals surface area contributed by atoms with E-state index in [-0.39, 0.29) is 33.4 Å². The van der Waals surface area contributed by atoms with Gasteiger partial charge in [-0.1, -0.05) is 190 Å². The number of para-hydroxylation sites is 2. The Balaban J connectivity index is 1.12. The highest BCUT2D eigenvalue weighted by molar-refractivity contribution is 6.09. The van der Waals surface area contributed by atoms with Crippen LogP contribution in [0.25, 0.3) is 94.5 Å². The fourth-order valence-corrected chi connectivity index (χ4v) is 9.21. The Kier molecular flexibility index (Phi) is 7.94. The van der Waals surface area contributed by atoms with Gasteiger partial charge in [-0.2, -0.15) is 0 Å². The third-order valence-electron chi connectivity index (χ3n) is 12.5. The SMILES string of the molecule is [2H]c1c([2H])c([2H])c(-c2cccc(-c3c([2H])c([2H])c([2H])c([2H])c3[2H])c2-[n+]2[c-]n(-c3cc(Oc4ccc5c6ccccc6n(-c6cc(C(C)(C)C)ccn6)c5c4)cc(-c4ccccc4)c3)c3cc(-c4ccccc4)ccc32)c([2H])c1[2H]. The van der Waals surface area contributed by atoms with Crippen LogP contribution in [0.4, 0.5) is 0 Å². The largest absolute Gasteiger partial charge is 0.458 e. The van der Waals surface area contributed by atoms with Crippen molar-refractivity contribution in [3.05, 3.63) is 248 Å². The van der Waals surface area contributed by atoms with E-state index in [0.29, 0.717) is 28.2 Å². The van der Waals surface area contributed by atoms with Crippen LogP contribution in [-0.4, -0.2) is 14.1 Å². The maximum absolute atomic E-state index is 9.22. The van der Waals surface area contributed by atoms with Crippen molar-refractivity contribution < 1.29 is 23.0 Å². The Morgan fingerprint density at radius 1 is 0.507 bits per heavy atom. The van der Waals surface area contributed by atoms with E-state index in [1.165, 1.54) is 0 Å². The molecule has 5 heteroatoms. The summed E-state index contributed by atoms with van der Waals surface area (Å²) >= 11 is 0. The topological polar surface area (TPSA) is 35.9 Å². The van der Waals surface area contributed by atoms with Crippen molar-refractivity contribution in [1.29, 1.82) is 0 Å². The summed E-state index contributed by atoms with van der Waals surface area (Å²) in [4.78, 5) is 4.89. The summed E-state index contributed by atoms with van der Waals surface area (Å²) in [5.74, 6) is 1.84. The van der Waals surface area contributed by atoms with Crippen LogP contribution in [0.2, 0.25) is 0 Å². The molecule has 69 heavy (non-hydrogen) atoms. The average Bonchev–Trinajstić information content (AvgIpc) is 4.25. The molecule has 0 aliphatic heterocycles. The van der Waals surface area contributed by atoms with Crippen molar-refractivity contribution in [3.8, 4) is 73.2 Å². The quantitative estimate of drug-likeness (QED) is 0.107. The van der Waals surface area contributed by atoms with Crippen LogP contribution in [0.15, 0.2) is 236 Å². The molecule has 0 unspecified atom stereocenters. The maximum atomic E-state index is 9.22. The molecule has 9 aromatic carbocycles. The molecular formula is C64H48N4O. The van der Waals surface area contributed by atoms with Gasteiger partial charge in [-0.25, -0.2) is 4.98 Å². The summed E-state index contributed by atoms with van der Waals surface area (Å²) in [6.45, 7) is 6.55. The normalized spacial score (nSPS) is 13.7. The van der Waals surface area contributed by atoms with Gasteiger partial charge in [0.2, 0.25) is 0 Å². The van der Waals surface area contributed by atoms with Crippen LogP contribution < -0.4 is 9.30 Å². The van der Waals surface area contributed by atoms with Crippen molar-refractivity contribution in [3.63, 3.8) is 0 Å². The Bertz CT molecular complexity index is 4310. The number of rotatable bonds is 9. The zero-order valence-electron chi connectivity index (χ0n) is 47.9. The molecule has 3 aromatic heterocycles. The third kappa shape index (κ3) is 7.74. The summed E-state index contributed by atoms with van der Waals surface area (Å²) in [5.41, 5.74) is 8.36. The number of benzene rings is 9. The maximum Gasteiger partial charge on any atom is 0.269 e. The second kappa shape index (κ2) is 17.1. The van der Waals surface area contributed by atoms with Crippen LogP contribution >= 0.6 is 0 Å². The molecule has 12 rings (SSSR count). The first kappa shape index (κ1) is 32.0. The third-order valence-corrected chi connectivity index (χ3v) is 12.5. The molecular weight excluding hydrogens is 841 g/mol. The molecule has 0 radical (unpaired) electrons. The summed E-state index contributed by atoms with van der Waals surface area (Å²) < 4.78 is 101. The molecule has 0 saturated carbocycles. The number of fused-ring (bicyclic) bond motifs is 4. The predicted octanol–water partition coefficient (Wildman–Crippen LogP) is 16.0. The minimum Gasteiger partial charge on any atom is -0.458 e. The Morgan fingerprint density at radius 3 is 1.86 bits per heavy atom. The van der Waals surface area contributed by atoms with Gasteiger partial charge in [0.1, 0.15) is 17.3 Å². The van der Waals surface area contributed by atoms with Crippen molar-refractivity contribution in [2.75, 3.05) is 0 Å². The van der Waals surface area contributed by atoms with E-state index < -0.39 is 60.4 Å². The van der Waals surface area contributed by atoms with E-state index in [2.05, 4.69) is 62.0 Å².